The first kappa shape index (κ1) is 16.5. The van der Waals surface area contributed by atoms with Crippen molar-refractivity contribution in [1.82, 2.24) is 4.57 Å². The summed E-state index contributed by atoms with van der Waals surface area (Å²) in [5.41, 5.74) is 0.886. The monoisotopic (exact) mass is 345 g/mol. The van der Waals surface area contributed by atoms with Crippen LogP contribution in [0.1, 0.15) is 6.92 Å². The molecule has 0 aliphatic carbocycles. The van der Waals surface area contributed by atoms with E-state index in [0.717, 1.165) is 0 Å². The second-order valence-electron chi connectivity index (χ2n) is 5.22. The van der Waals surface area contributed by atoms with E-state index in [2.05, 4.69) is 0 Å². The van der Waals surface area contributed by atoms with Gasteiger partial charge in [-0.25, -0.2) is 4.57 Å². The molecule has 24 heavy (non-hydrogen) atoms. The van der Waals surface area contributed by atoms with Gasteiger partial charge in [0.15, 0.2) is 5.75 Å². The molecule has 6 nitrogen and oxygen atoms in total. The SMILES string of the molecule is CCn1c(=O)c(-c2ccccc2)c(OP(=O)(O)O)c2ccccc21. The Morgan fingerprint density at radius 3 is 2.29 bits per heavy atom. The molecule has 0 unspecified atom stereocenters. The first-order chi connectivity index (χ1) is 11.4. The molecule has 3 rings (SSSR count). The average molecular weight is 345 g/mol. The summed E-state index contributed by atoms with van der Waals surface area (Å²) in [4.78, 5) is 31.5. The number of pyridine rings is 1. The van der Waals surface area contributed by atoms with Gasteiger partial charge < -0.3 is 9.09 Å². The summed E-state index contributed by atoms with van der Waals surface area (Å²) >= 11 is 0. The normalized spacial score (nSPS) is 11.6. The smallest absolute Gasteiger partial charge is 0.403 e. The van der Waals surface area contributed by atoms with Gasteiger partial charge in [-0.05, 0) is 24.6 Å². The maximum absolute atomic E-state index is 13.0. The minimum atomic E-state index is -4.83. The maximum atomic E-state index is 13.0. The number of aryl methyl sites for hydroxylation is 1. The molecule has 3 aromatic rings. The highest BCUT2D eigenvalue weighted by Crippen LogP contribution is 2.44. The summed E-state index contributed by atoms with van der Waals surface area (Å²) < 4.78 is 18.0. The number of para-hydroxylation sites is 1. The molecule has 2 aromatic carbocycles. The zero-order valence-electron chi connectivity index (χ0n) is 12.9. The highest BCUT2D eigenvalue weighted by Gasteiger charge is 2.25. The lowest BCUT2D eigenvalue weighted by atomic mass is 10.0. The molecule has 0 aliphatic rings. The van der Waals surface area contributed by atoms with Gasteiger partial charge in [-0.3, -0.25) is 14.6 Å². The van der Waals surface area contributed by atoms with Gasteiger partial charge in [0.1, 0.15) is 0 Å². The Morgan fingerprint density at radius 1 is 1.04 bits per heavy atom. The van der Waals surface area contributed by atoms with Gasteiger partial charge in [-0.15, -0.1) is 0 Å². The van der Waals surface area contributed by atoms with Gasteiger partial charge in [0.05, 0.1) is 11.1 Å². The van der Waals surface area contributed by atoms with E-state index in [1.807, 2.05) is 6.92 Å². The van der Waals surface area contributed by atoms with Crippen LogP contribution in [0.15, 0.2) is 59.4 Å². The number of phosphoric ester groups is 1. The average Bonchev–Trinajstić information content (AvgIpc) is 2.55. The molecule has 0 saturated heterocycles. The van der Waals surface area contributed by atoms with Crippen molar-refractivity contribution in [2.45, 2.75) is 13.5 Å². The van der Waals surface area contributed by atoms with Crippen molar-refractivity contribution in [3.63, 3.8) is 0 Å². The number of fused-ring (bicyclic) bond motifs is 1. The second kappa shape index (κ2) is 6.24. The number of hydrogen-bond donors (Lipinski definition) is 2. The number of hydrogen-bond acceptors (Lipinski definition) is 3. The molecule has 0 radical (unpaired) electrons. The molecule has 1 heterocycles. The van der Waals surface area contributed by atoms with E-state index >= 15 is 0 Å². The zero-order valence-corrected chi connectivity index (χ0v) is 13.8. The Kier molecular flexibility index (Phi) is 4.28. The molecular weight excluding hydrogens is 329 g/mol. The molecule has 0 saturated carbocycles. The predicted octanol–water partition coefficient (Wildman–Crippen LogP) is 3.16. The van der Waals surface area contributed by atoms with Gasteiger partial charge in [0.25, 0.3) is 5.56 Å². The van der Waals surface area contributed by atoms with Gasteiger partial charge >= 0.3 is 7.82 Å². The van der Waals surface area contributed by atoms with Gasteiger partial charge in [0.2, 0.25) is 0 Å². The summed E-state index contributed by atoms with van der Waals surface area (Å²) in [7, 11) is -4.83. The summed E-state index contributed by atoms with van der Waals surface area (Å²) in [5.74, 6) is -0.0974. The van der Waals surface area contributed by atoms with E-state index in [-0.39, 0.29) is 16.9 Å². The van der Waals surface area contributed by atoms with E-state index in [9.17, 15) is 19.1 Å². The Hall–Kier alpha value is -2.40. The minimum absolute atomic E-state index is 0.0974. The fraction of sp³-hybridized carbons (Fsp3) is 0.118. The minimum Gasteiger partial charge on any atom is -0.403 e. The summed E-state index contributed by atoms with van der Waals surface area (Å²) in [6.45, 7) is 2.27. The highest BCUT2D eigenvalue weighted by atomic mass is 31.2. The lowest BCUT2D eigenvalue weighted by Crippen LogP contribution is -2.22. The Morgan fingerprint density at radius 2 is 1.67 bits per heavy atom. The third-order valence-electron chi connectivity index (χ3n) is 3.71. The van der Waals surface area contributed by atoms with Crippen LogP contribution in [0, 0.1) is 0 Å². The molecule has 0 fully saturated rings. The van der Waals surface area contributed by atoms with Crippen molar-refractivity contribution in [2.24, 2.45) is 0 Å². The number of phosphoric acid groups is 1. The quantitative estimate of drug-likeness (QED) is 0.709. The molecular formula is C17H16NO5P. The van der Waals surface area contributed by atoms with E-state index < -0.39 is 7.82 Å². The molecule has 0 atom stereocenters. The van der Waals surface area contributed by atoms with Gasteiger partial charge in [-0.2, -0.15) is 0 Å². The fourth-order valence-corrected chi connectivity index (χ4v) is 3.19. The maximum Gasteiger partial charge on any atom is 0.524 e. The van der Waals surface area contributed by atoms with Crippen molar-refractivity contribution < 1.29 is 18.9 Å². The van der Waals surface area contributed by atoms with Crippen molar-refractivity contribution in [1.29, 1.82) is 0 Å². The Bertz CT molecular complexity index is 991. The van der Waals surface area contributed by atoms with E-state index in [0.29, 0.717) is 23.0 Å². The standard InChI is InChI=1S/C17H16NO5P/c1-2-18-14-11-7-6-10-13(14)16(23-24(20,21)22)15(17(18)19)12-8-4-3-5-9-12/h3-11H,2H2,1H3,(H2,20,21,22). The Balaban J connectivity index is 2.48. The number of nitrogens with zero attached hydrogens (tertiary/aromatic N) is 1. The second-order valence-corrected chi connectivity index (χ2v) is 6.38. The molecule has 2 N–H and O–H groups in total. The zero-order chi connectivity index (χ0) is 17.3. The number of aromatic nitrogens is 1. The van der Waals surface area contributed by atoms with Crippen LogP contribution in [0.4, 0.5) is 0 Å². The third kappa shape index (κ3) is 2.99. The molecule has 0 aliphatic heterocycles. The van der Waals surface area contributed by atoms with Crippen LogP contribution in [0.25, 0.3) is 22.0 Å². The lowest BCUT2D eigenvalue weighted by molar-refractivity contribution is 0.284. The van der Waals surface area contributed by atoms with Crippen LogP contribution >= 0.6 is 7.82 Å². The molecule has 124 valence electrons. The fourth-order valence-electron chi connectivity index (χ4n) is 2.76. The van der Waals surface area contributed by atoms with Crippen LogP contribution in [-0.4, -0.2) is 14.4 Å². The summed E-state index contributed by atoms with van der Waals surface area (Å²) in [6, 6.07) is 15.6. The van der Waals surface area contributed by atoms with Crippen molar-refractivity contribution in [2.75, 3.05) is 0 Å². The first-order valence-electron chi connectivity index (χ1n) is 7.38. The van der Waals surface area contributed by atoms with E-state index in [4.69, 9.17) is 4.52 Å². The van der Waals surface area contributed by atoms with Crippen molar-refractivity contribution >= 4 is 18.7 Å². The molecule has 1 aromatic heterocycles. The molecule has 0 spiro atoms. The first-order valence-corrected chi connectivity index (χ1v) is 8.91. The summed E-state index contributed by atoms with van der Waals surface area (Å²) in [5, 5.41) is 0.473. The van der Waals surface area contributed by atoms with E-state index in [1.54, 1.807) is 59.2 Å². The Labute approximate surface area is 138 Å². The van der Waals surface area contributed by atoms with Gasteiger partial charge in [-0.1, -0.05) is 42.5 Å². The van der Waals surface area contributed by atoms with Gasteiger partial charge in [0, 0.05) is 11.9 Å². The van der Waals surface area contributed by atoms with Crippen LogP contribution in [0.5, 0.6) is 5.75 Å². The summed E-state index contributed by atoms with van der Waals surface area (Å²) in [6.07, 6.45) is 0. The largest absolute Gasteiger partial charge is 0.524 e. The topological polar surface area (TPSA) is 88.8 Å². The third-order valence-corrected chi connectivity index (χ3v) is 4.13. The number of benzene rings is 2. The molecule has 0 amide bonds. The van der Waals surface area contributed by atoms with Crippen LogP contribution in [-0.2, 0) is 11.1 Å². The lowest BCUT2D eigenvalue weighted by Gasteiger charge is -2.18. The van der Waals surface area contributed by atoms with E-state index in [1.165, 1.54) is 0 Å². The highest BCUT2D eigenvalue weighted by molar-refractivity contribution is 7.46. The van der Waals surface area contributed by atoms with Crippen molar-refractivity contribution in [3.8, 4) is 16.9 Å². The molecule has 0 bridgehead atoms. The molecule has 7 heteroatoms. The predicted molar refractivity (Wildman–Crippen MR) is 92.0 cm³/mol. The van der Waals surface area contributed by atoms with Crippen molar-refractivity contribution in [3.05, 3.63) is 65.0 Å². The van der Waals surface area contributed by atoms with Crippen LogP contribution in [0.3, 0.4) is 0 Å². The number of rotatable bonds is 4. The van der Waals surface area contributed by atoms with Crippen LogP contribution < -0.4 is 10.1 Å². The van der Waals surface area contributed by atoms with Crippen LogP contribution in [0.2, 0.25) is 0 Å².